The van der Waals surface area contributed by atoms with Gasteiger partial charge in [-0.2, -0.15) is 0 Å². The number of nitrogen functional groups attached to an aromatic ring is 2. The monoisotopic (exact) mass is 184 g/mol. The fourth-order valence-corrected chi connectivity index (χ4v) is 1.18. The van der Waals surface area contributed by atoms with Crippen molar-refractivity contribution < 1.29 is 0 Å². The molecule has 0 fully saturated rings. The first kappa shape index (κ1) is 9.79. The first-order valence-electron chi connectivity index (χ1n) is 4.23. The van der Waals surface area contributed by atoms with Gasteiger partial charge in [0.1, 0.15) is 0 Å². The Bertz CT molecular complexity index is 279. The number of anilines is 1. The lowest BCUT2D eigenvalue weighted by atomic mass is 10.0. The summed E-state index contributed by atoms with van der Waals surface area (Å²) in [4.78, 5) is 0. The Labute approximate surface area is 77.1 Å². The lowest BCUT2D eigenvalue weighted by molar-refractivity contribution is 0.486. The summed E-state index contributed by atoms with van der Waals surface area (Å²) in [6, 6.07) is -0.199. The predicted octanol–water partition coefficient (Wildman–Crippen LogP) is -0.380. The van der Waals surface area contributed by atoms with Gasteiger partial charge in [0, 0.05) is 0 Å². The van der Waals surface area contributed by atoms with Crippen LogP contribution in [0.25, 0.3) is 0 Å². The second kappa shape index (κ2) is 3.61. The number of rotatable bonds is 3. The first-order valence-corrected chi connectivity index (χ1v) is 4.23. The number of hydrogen-bond acceptors (Lipinski definition) is 5. The van der Waals surface area contributed by atoms with E-state index < -0.39 is 0 Å². The summed E-state index contributed by atoms with van der Waals surface area (Å²) in [7, 11) is 0. The molecule has 0 amide bonds. The van der Waals surface area contributed by atoms with Crippen molar-refractivity contribution in [1.82, 2.24) is 14.9 Å². The van der Waals surface area contributed by atoms with E-state index in [1.165, 1.54) is 4.68 Å². The molecule has 0 aliphatic carbocycles. The molecule has 0 unspecified atom stereocenters. The van der Waals surface area contributed by atoms with Gasteiger partial charge >= 0.3 is 0 Å². The van der Waals surface area contributed by atoms with Crippen LogP contribution in [0.3, 0.4) is 0 Å². The zero-order valence-electron chi connectivity index (χ0n) is 7.94. The average Bonchev–Trinajstić information content (AvgIpc) is 2.31. The van der Waals surface area contributed by atoms with E-state index >= 15 is 0 Å². The van der Waals surface area contributed by atoms with Crippen molar-refractivity contribution in [1.29, 1.82) is 0 Å². The highest BCUT2D eigenvalue weighted by Crippen LogP contribution is 2.16. The molecule has 1 aromatic rings. The number of aromatic nitrogens is 3. The Hall–Kier alpha value is -1.30. The highest BCUT2D eigenvalue weighted by molar-refractivity contribution is 5.18. The summed E-state index contributed by atoms with van der Waals surface area (Å²) in [5, 5.41) is 7.44. The minimum atomic E-state index is -0.199. The van der Waals surface area contributed by atoms with E-state index in [4.69, 9.17) is 17.3 Å². The normalized spacial score (nSPS) is 13.5. The van der Waals surface area contributed by atoms with Crippen LogP contribution in [0.15, 0.2) is 0 Å². The van der Waals surface area contributed by atoms with Crippen molar-refractivity contribution >= 4 is 5.95 Å². The third-order valence-corrected chi connectivity index (χ3v) is 1.81. The Balaban J connectivity index is 2.76. The number of nitrogens with zero attached hydrogens (tertiary/aromatic N) is 3. The molecule has 0 aliphatic rings. The van der Waals surface area contributed by atoms with Gasteiger partial charge in [-0.3, -0.25) is 0 Å². The molecule has 74 valence electrons. The van der Waals surface area contributed by atoms with Crippen molar-refractivity contribution in [2.45, 2.75) is 26.3 Å². The van der Waals surface area contributed by atoms with E-state index in [0.717, 1.165) is 6.42 Å². The van der Waals surface area contributed by atoms with Crippen molar-refractivity contribution in [2.24, 2.45) is 11.7 Å². The SMILES string of the molecule is CC(C)C[C@H](N)c1nnc(N)n1N. The molecule has 0 radical (unpaired) electrons. The lowest BCUT2D eigenvalue weighted by Gasteiger charge is -2.12. The molecule has 0 bridgehead atoms. The van der Waals surface area contributed by atoms with Gasteiger partial charge in [0.2, 0.25) is 5.95 Å². The Morgan fingerprint density at radius 1 is 1.38 bits per heavy atom. The van der Waals surface area contributed by atoms with E-state index in [-0.39, 0.29) is 12.0 Å². The van der Waals surface area contributed by atoms with Crippen LogP contribution >= 0.6 is 0 Å². The van der Waals surface area contributed by atoms with Crippen molar-refractivity contribution in [2.75, 3.05) is 11.6 Å². The topological polar surface area (TPSA) is 109 Å². The lowest BCUT2D eigenvalue weighted by Crippen LogP contribution is -2.23. The van der Waals surface area contributed by atoms with Crippen LogP contribution in [-0.2, 0) is 0 Å². The summed E-state index contributed by atoms with van der Waals surface area (Å²) >= 11 is 0. The maximum Gasteiger partial charge on any atom is 0.240 e. The maximum absolute atomic E-state index is 5.85. The van der Waals surface area contributed by atoms with Gasteiger partial charge in [0.15, 0.2) is 5.82 Å². The van der Waals surface area contributed by atoms with Gasteiger partial charge in [-0.15, -0.1) is 10.2 Å². The standard InChI is InChI=1S/C7H16N6/c1-4(2)3-5(8)6-11-12-7(9)13(6)10/h4-5H,3,8,10H2,1-2H3,(H2,9,12)/t5-/m0/s1. The van der Waals surface area contributed by atoms with Gasteiger partial charge in [-0.25, -0.2) is 4.68 Å². The fourth-order valence-electron chi connectivity index (χ4n) is 1.18. The van der Waals surface area contributed by atoms with Crippen molar-refractivity contribution in [3.63, 3.8) is 0 Å². The molecule has 0 saturated heterocycles. The van der Waals surface area contributed by atoms with E-state index in [1.807, 2.05) is 0 Å². The Kier molecular flexibility index (Phi) is 2.72. The van der Waals surface area contributed by atoms with Gasteiger partial charge in [0.05, 0.1) is 6.04 Å². The molecule has 1 aromatic heterocycles. The highest BCUT2D eigenvalue weighted by atomic mass is 15.4. The molecule has 0 saturated carbocycles. The summed E-state index contributed by atoms with van der Waals surface area (Å²) in [5.41, 5.74) is 11.3. The predicted molar refractivity (Wildman–Crippen MR) is 51.0 cm³/mol. The smallest absolute Gasteiger partial charge is 0.240 e. The van der Waals surface area contributed by atoms with E-state index in [0.29, 0.717) is 11.7 Å². The average molecular weight is 184 g/mol. The molecule has 13 heavy (non-hydrogen) atoms. The third-order valence-electron chi connectivity index (χ3n) is 1.81. The molecule has 0 aromatic carbocycles. The molecule has 6 N–H and O–H groups in total. The van der Waals surface area contributed by atoms with E-state index in [1.54, 1.807) is 0 Å². The van der Waals surface area contributed by atoms with Crippen LogP contribution in [0.4, 0.5) is 5.95 Å². The molecule has 0 spiro atoms. The first-order chi connectivity index (χ1) is 6.02. The highest BCUT2D eigenvalue weighted by Gasteiger charge is 2.15. The van der Waals surface area contributed by atoms with Crippen LogP contribution in [-0.4, -0.2) is 14.9 Å². The zero-order chi connectivity index (χ0) is 10.0. The minimum Gasteiger partial charge on any atom is -0.366 e. The largest absolute Gasteiger partial charge is 0.366 e. The molecule has 6 heteroatoms. The molecule has 1 atom stereocenters. The van der Waals surface area contributed by atoms with Gasteiger partial charge in [-0.1, -0.05) is 13.8 Å². The summed E-state index contributed by atoms with van der Waals surface area (Å²) in [6.07, 6.45) is 0.815. The summed E-state index contributed by atoms with van der Waals surface area (Å²) < 4.78 is 1.23. The molecule has 6 nitrogen and oxygen atoms in total. The van der Waals surface area contributed by atoms with Gasteiger partial charge in [0.25, 0.3) is 0 Å². The summed E-state index contributed by atoms with van der Waals surface area (Å²) in [5.74, 6) is 6.78. The second-order valence-corrected chi connectivity index (χ2v) is 3.52. The number of nitrogens with two attached hydrogens (primary N) is 3. The van der Waals surface area contributed by atoms with Gasteiger partial charge in [-0.05, 0) is 12.3 Å². The Morgan fingerprint density at radius 2 is 2.00 bits per heavy atom. The zero-order valence-corrected chi connectivity index (χ0v) is 7.94. The third kappa shape index (κ3) is 2.09. The molecular weight excluding hydrogens is 168 g/mol. The van der Waals surface area contributed by atoms with Crippen LogP contribution < -0.4 is 17.3 Å². The van der Waals surface area contributed by atoms with Gasteiger partial charge < -0.3 is 17.3 Å². The molecule has 1 rings (SSSR count). The summed E-state index contributed by atoms with van der Waals surface area (Å²) in [6.45, 7) is 4.17. The second-order valence-electron chi connectivity index (χ2n) is 3.52. The van der Waals surface area contributed by atoms with E-state index in [2.05, 4.69) is 24.0 Å². The van der Waals surface area contributed by atoms with Crippen molar-refractivity contribution in [3.8, 4) is 0 Å². The minimum absolute atomic E-state index is 0.189. The van der Waals surface area contributed by atoms with Crippen LogP contribution in [0.5, 0.6) is 0 Å². The number of hydrogen-bond donors (Lipinski definition) is 3. The van der Waals surface area contributed by atoms with Crippen LogP contribution in [0, 0.1) is 5.92 Å². The van der Waals surface area contributed by atoms with Crippen LogP contribution in [0.2, 0.25) is 0 Å². The molecule has 1 heterocycles. The quantitative estimate of drug-likeness (QED) is 0.555. The van der Waals surface area contributed by atoms with E-state index in [9.17, 15) is 0 Å². The maximum atomic E-state index is 5.85. The molecular formula is C7H16N6. The fraction of sp³-hybridized carbons (Fsp3) is 0.714. The molecule has 0 aliphatic heterocycles. The van der Waals surface area contributed by atoms with Crippen LogP contribution in [0.1, 0.15) is 32.1 Å². The van der Waals surface area contributed by atoms with Crippen molar-refractivity contribution in [3.05, 3.63) is 5.82 Å². The Morgan fingerprint density at radius 3 is 2.38 bits per heavy atom.